The first-order chi connectivity index (χ1) is 11.1. The Labute approximate surface area is 150 Å². The molecule has 2 aromatic carbocycles. The molecule has 0 radical (unpaired) electrons. The molecule has 0 unspecified atom stereocenters. The van der Waals surface area contributed by atoms with E-state index in [1.165, 1.54) is 5.56 Å². The largest absolute Gasteiger partial charge is 0.351 e. The first-order valence-electron chi connectivity index (χ1n) is 7.58. The molecule has 0 spiro atoms. The standard InChI is InChI=1S/C18H20BrClN2O/c1-2-17(14-5-7-15(19)8-6-14)21-12-18(23)22-11-13-3-9-16(20)10-4-13/h3-10,17,21H,2,11-12H2,1H3,(H,22,23)/t17-/m0/s1. The summed E-state index contributed by atoms with van der Waals surface area (Å²) in [7, 11) is 0. The Morgan fingerprint density at radius 1 is 1.13 bits per heavy atom. The summed E-state index contributed by atoms with van der Waals surface area (Å²) in [6.07, 6.45) is 0.923. The highest BCUT2D eigenvalue weighted by Crippen LogP contribution is 2.19. The van der Waals surface area contributed by atoms with E-state index in [0.29, 0.717) is 18.1 Å². The highest BCUT2D eigenvalue weighted by molar-refractivity contribution is 9.10. The zero-order valence-electron chi connectivity index (χ0n) is 13.0. The van der Waals surface area contributed by atoms with Crippen molar-refractivity contribution in [3.63, 3.8) is 0 Å². The molecule has 5 heteroatoms. The molecule has 0 fully saturated rings. The van der Waals surface area contributed by atoms with Crippen LogP contribution in [0.1, 0.15) is 30.5 Å². The van der Waals surface area contributed by atoms with Gasteiger partial charge in [-0.3, -0.25) is 4.79 Å². The quantitative estimate of drug-likeness (QED) is 0.727. The number of hydrogen-bond acceptors (Lipinski definition) is 2. The smallest absolute Gasteiger partial charge is 0.234 e. The lowest BCUT2D eigenvalue weighted by molar-refractivity contribution is -0.120. The summed E-state index contributed by atoms with van der Waals surface area (Å²) in [5.74, 6) is -0.0180. The molecule has 0 aliphatic heterocycles. The van der Waals surface area contributed by atoms with Crippen LogP contribution in [0.5, 0.6) is 0 Å². The molecule has 23 heavy (non-hydrogen) atoms. The van der Waals surface area contributed by atoms with Crippen molar-refractivity contribution in [3.8, 4) is 0 Å². The maximum absolute atomic E-state index is 12.0. The van der Waals surface area contributed by atoms with Gasteiger partial charge in [-0.25, -0.2) is 0 Å². The van der Waals surface area contributed by atoms with Crippen LogP contribution >= 0.6 is 27.5 Å². The van der Waals surface area contributed by atoms with Gasteiger partial charge in [0.05, 0.1) is 6.54 Å². The molecule has 2 N–H and O–H groups in total. The molecular weight excluding hydrogens is 376 g/mol. The van der Waals surface area contributed by atoms with E-state index in [4.69, 9.17) is 11.6 Å². The molecule has 1 atom stereocenters. The fourth-order valence-corrected chi connectivity index (χ4v) is 2.66. The van der Waals surface area contributed by atoms with E-state index < -0.39 is 0 Å². The van der Waals surface area contributed by atoms with Crippen LogP contribution in [-0.4, -0.2) is 12.5 Å². The molecular formula is C18H20BrClN2O. The average Bonchev–Trinajstić information content (AvgIpc) is 2.56. The Morgan fingerprint density at radius 3 is 2.39 bits per heavy atom. The van der Waals surface area contributed by atoms with Crippen LogP contribution in [-0.2, 0) is 11.3 Å². The second-order valence-corrected chi connectivity index (χ2v) is 6.65. The highest BCUT2D eigenvalue weighted by atomic mass is 79.9. The molecule has 1 amide bonds. The number of halogens is 2. The molecule has 2 aromatic rings. The minimum atomic E-state index is -0.0180. The van der Waals surface area contributed by atoms with Crippen LogP contribution < -0.4 is 10.6 Å². The topological polar surface area (TPSA) is 41.1 Å². The number of hydrogen-bond donors (Lipinski definition) is 2. The number of benzene rings is 2. The van der Waals surface area contributed by atoms with Gasteiger partial charge >= 0.3 is 0 Å². The summed E-state index contributed by atoms with van der Waals surface area (Å²) in [5, 5.41) is 6.90. The normalized spacial score (nSPS) is 12.0. The second-order valence-electron chi connectivity index (χ2n) is 5.30. The third-order valence-corrected chi connectivity index (χ3v) is 4.37. The van der Waals surface area contributed by atoms with Crippen LogP contribution in [0.3, 0.4) is 0 Å². The summed E-state index contributed by atoms with van der Waals surface area (Å²) >= 11 is 9.28. The van der Waals surface area contributed by atoms with Crippen LogP contribution in [0.2, 0.25) is 5.02 Å². The van der Waals surface area contributed by atoms with E-state index >= 15 is 0 Å². The van der Waals surface area contributed by atoms with Crippen molar-refractivity contribution in [3.05, 3.63) is 69.2 Å². The number of carbonyl (C=O) groups excluding carboxylic acids is 1. The lowest BCUT2D eigenvalue weighted by Crippen LogP contribution is -2.35. The fraction of sp³-hybridized carbons (Fsp3) is 0.278. The van der Waals surface area contributed by atoms with Crippen molar-refractivity contribution in [2.24, 2.45) is 0 Å². The first kappa shape index (κ1) is 18.0. The second kappa shape index (κ2) is 9.06. The van der Waals surface area contributed by atoms with Crippen molar-refractivity contribution >= 4 is 33.4 Å². The molecule has 122 valence electrons. The number of nitrogens with one attached hydrogen (secondary N) is 2. The van der Waals surface area contributed by atoms with Crippen LogP contribution in [0.25, 0.3) is 0 Å². The van der Waals surface area contributed by atoms with E-state index in [0.717, 1.165) is 16.5 Å². The summed E-state index contributed by atoms with van der Waals surface area (Å²) < 4.78 is 1.05. The summed E-state index contributed by atoms with van der Waals surface area (Å²) in [5.41, 5.74) is 2.21. The third-order valence-electron chi connectivity index (χ3n) is 3.59. The minimum absolute atomic E-state index is 0.0180. The third kappa shape index (κ3) is 5.98. The molecule has 0 aliphatic rings. The van der Waals surface area contributed by atoms with Crippen molar-refractivity contribution in [2.45, 2.75) is 25.9 Å². The molecule has 3 nitrogen and oxygen atoms in total. The Kier molecular flexibility index (Phi) is 7.09. The number of rotatable bonds is 7. The SMILES string of the molecule is CC[C@H](NCC(=O)NCc1ccc(Cl)cc1)c1ccc(Br)cc1. The van der Waals surface area contributed by atoms with Crippen molar-refractivity contribution in [2.75, 3.05) is 6.54 Å². The van der Waals surface area contributed by atoms with Crippen LogP contribution in [0.4, 0.5) is 0 Å². The Hall–Kier alpha value is -1.36. The number of amides is 1. The predicted molar refractivity (Wildman–Crippen MR) is 98.5 cm³/mol. The number of carbonyl (C=O) groups is 1. The van der Waals surface area contributed by atoms with Gasteiger partial charge in [-0.15, -0.1) is 0 Å². The fourth-order valence-electron chi connectivity index (χ4n) is 2.27. The van der Waals surface area contributed by atoms with Gasteiger partial charge in [0.2, 0.25) is 5.91 Å². The van der Waals surface area contributed by atoms with Gasteiger partial charge in [0.25, 0.3) is 0 Å². The lowest BCUT2D eigenvalue weighted by atomic mass is 10.0. The molecule has 0 saturated carbocycles. The molecule has 0 bridgehead atoms. The summed E-state index contributed by atoms with van der Waals surface area (Å²) in [6, 6.07) is 15.8. The van der Waals surface area contributed by atoms with Crippen molar-refractivity contribution in [1.82, 2.24) is 10.6 Å². The Morgan fingerprint density at radius 2 is 1.78 bits per heavy atom. The molecule has 2 rings (SSSR count). The molecule has 0 aromatic heterocycles. The van der Waals surface area contributed by atoms with Gasteiger partial charge in [-0.05, 0) is 41.8 Å². The maximum atomic E-state index is 12.0. The molecule has 0 saturated heterocycles. The average molecular weight is 396 g/mol. The van der Waals surface area contributed by atoms with Crippen LogP contribution in [0.15, 0.2) is 53.0 Å². The van der Waals surface area contributed by atoms with Gasteiger partial charge in [-0.2, -0.15) is 0 Å². The Balaban J connectivity index is 1.80. The van der Waals surface area contributed by atoms with E-state index in [2.05, 4.69) is 45.6 Å². The van der Waals surface area contributed by atoms with Gasteiger partial charge in [0.1, 0.15) is 0 Å². The summed E-state index contributed by atoms with van der Waals surface area (Å²) in [6.45, 7) is 2.90. The summed E-state index contributed by atoms with van der Waals surface area (Å²) in [4.78, 5) is 12.0. The van der Waals surface area contributed by atoms with Crippen molar-refractivity contribution < 1.29 is 4.79 Å². The minimum Gasteiger partial charge on any atom is -0.351 e. The van der Waals surface area contributed by atoms with Gasteiger partial charge in [0.15, 0.2) is 0 Å². The van der Waals surface area contributed by atoms with E-state index in [9.17, 15) is 4.79 Å². The van der Waals surface area contributed by atoms with E-state index in [1.54, 1.807) is 0 Å². The first-order valence-corrected chi connectivity index (χ1v) is 8.75. The molecule has 0 heterocycles. The zero-order chi connectivity index (χ0) is 16.7. The van der Waals surface area contributed by atoms with Gasteiger partial charge < -0.3 is 10.6 Å². The monoisotopic (exact) mass is 394 g/mol. The Bertz CT molecular complexity index is 628. The van der Waals surface area contributed by atoms with E-state index in [1.807, 2.05) is 36.4 Å². The van der Waals surface area contributed by atoms with Gasteiger partial charge in [0, 0.05) is 22.1 Å². The van der Waals surface area contributed by atoms with Gasteiger partial charge in [-0.1, -0.05) is 58.7 Å². The lowest BCUT2D eigenvalue weighted by Gasteiger charge is -2.17. The predicted octanol–water partition coefficient (Wildman–Crippen LogP) is 4.46. The zero-order valence-corrected chi connectivity index (χ0v) is 15.3. The molecule has 0 aliphatic carbocycles. The van der Waals surface area contributed by atoms with Crippen molar-refractivity contribution in [1.29, 1.82) is 0 Å². The highest BCUT2D eigenvalue weighted by Gasteiger charge is 2.10. The van der Waals surface area contributed by atoms with Crippen LogP contribution in [0, 0.1) is 0 Å². The maximum Gasteiger partial charge on any atom is 0.234 e. The van der Waals surface area contributed by atoms with E-state index in [-0.39, 0.29) is 11.9 Å².